The number of carbonyl (C=O) groups is 1. The lowest BCUT2D eigenvalue weighted by Gasteiger charge is -2.15. The molecule has 1 N–H and O–H groups in total. The molecule has 2 aromatic heterocycles. The van der Waals surface area contributed by atoms with Crippen LogP contribution in [-0.2, 0) is 6.18 Å². The topological polar surface area (TPSA) is 64.7 Å². The number of aromatic nitrogens is 4. The van der Waals surface area contributed by atoms with Crippen molar-refractivity contribution in [3.8, 4) is 11.4 Å². The number of nitrogens with zero attached hydrogens (tertiary/aromatic N) is 4. The first-order valence-corrected chi connectivity index (χ1v) is 8.65. The third-order valence-electron chi connectivity index (χ3n) is 4.22. The second-order valence-corrected chi connectivity index (χ2v) is 6.26. The molecule has 2 heterocycles. The van der Waals surface area contributed by atoms with Crippen LogP contribution in [0.3, 0.4) is 0 Å². The van der Waals surface area contributed by atoms with E-state index in [1.54, 1.807) is 12.1 Å². The number of nitrogens with one attached hydrogen (secondary N) is 1. The highest BCUT2D eigenvalue weighted by atomic mass is 19.4. The Labute approximate surface area is 167 Å². The lowest BCUT2D eigenvalue weighted by Crippen LogP contribution is -2.18. The Morgan fingerprint density at radius 1 is 0.933 bits per heavy atom. The Morgan fingerprint density at radius 2 is 1.73 bits per heavy atom. The van der Waals surface area contributed by atoms with Crippen LogP contribution in [0.5, 0.6) is 0 Å². The summed E-state index contributed by atoms with van der Waals surface area (Å²) in [5.74, 6) is -1.32. The summed E-state index contributed by atoms with van der Waals surface area (Å²) in [4.78, 5) is 12.5. The van der Waals surface area contributed by atoms with Gasteiger partial charge in [-0.05, 0) is 48.5 Å². The molecule has 2 aromatic carbocycles. The van der Waals surface area contributed by atoms with Crippen molar-refractivity contribution in [2.24, 2.45) is 0 Å². The van der Waals surface area contributed by atoms with Crippen LogP contribution in [0.1, 0.15) is 16.1 Å². The molecule has 0 bridgehead atoms. The molecule has 1 amide bonds. The number of alkyl halides is 3. The molecule has 152 valence electrons. The van der Waals surface area contributed by atoms with Gasteiger partial charge in [0, 0.05) is 18.6 Å². The summed E-state index contributed by atoms with van der Waals surface area (Å²) in [6.45, 7) is 0. The molecule has 30 heavy (non-hydrogen) atoms. The average Bonchev–Trinajstić information content (AvgIpc) is 3.40. The van der Waals surface area contributed by atoms with Gasteiger partial charge in [-0.1, -0.05) is 6.07 Å². The standard InChI is InChI=1S/C20H13F4N5O/c21-13-3-1-4-14(11-13)29-10-7-18(27-29)19(30)26-17-6-5-15(28-9-2-8-25-28)12-16(17)20(22,23)24/h1-12H,(H,26,30). The predicted molar refractivity (Wildman–Crippen MR) is 100 cm³/mol. The maximum Gasteiger partial charge on any atom is 0.418 e. The molecule has 4 rings (SSSR count). The zero-order chi connectivity index (χ0) is 21.3. The Kier molecular flexibility index (Phi) is 4.82. The summed E-state index contributed by atoms with van der Waals surface area (Å²) >= 11 is 0. The summed E-state index contributed by atoms with van der Waals surface area (Å²) in [5.41, 5.74) is -0.991. The van der Waals surface area contributed by atoms with Gasteiger partial charge in [-0.15, -0.1) is 0 Å². The van der Waals surface area contributed by atoms with Crippen LogP contribution in [0.2, 0.25) is 0 Å². The molecule has 0 saturated carbocycles. The molecule has 0 aliphatic rings. The highest BCUT2D eigenvalue weighted by molar-refractivity contribution is 6.03. The van der Waals surface area contributed by atoms with Crippen molar-refractivity contribution >= 4 is 11.6 Å². The molecule has 0 spiro atoms. The number of carbonyl (C=O) groups excluding carboxylic acids is 1. The van der Waals surface area contributed by atoms with E-state index in [4.69, 9.17) is 0 Å². The van der Waals surface area contributed by atoms with Gasteiger partial charge in [0.05, 0.1) is 22.6 Å². The van der Waals surface area contributed by atoms with E-state index in [1.165, 1.54) is 58.3 Å². The number of rotatable bonds is 4. The van der Waals surface area contributed by atoms with Gasteiger partial charge in [0.1, 0.15) is 5.82 Å². The molecule has 0 unspecified atom stereocenters. The van der Waals surface area contributed by atoms with Crippen molar-refractivity contribution in [1.29, 1.82) is 0 Å². The first kappa shape index (κ1) is 19.4. The van der Waals surface area contributed by atoms with Crippen molar-refractivity contribution in [2.75, 3.05) is 5.32 Å². The van der Waals surface area contributed by atoms with Gasteiger partial charge in [-0.25, -0.2) is 13.8 Å². The van der Waals surface area contributed by atoms with Crippen LogP contribution >= 0.6 is 0 Å². The SMILES string of the molecule is O=C(Nc1ccc(-n2cccn2)cc1C(F)(F)F)c1ccn(-c2cccc(F)c2)n1. The van der Waals surface area contributed by atoms with E-state index in [9.17, 15) is 22.4 Å². The van der Waals surface area contributed by atoms with Gasteiger partial charge in [0.15, 0.2) is 5.69 Å². The minimum absolute atomic E-state index is 0.122. The fourth-order valence-electron chi connectivity index (χ4n) is 2.83. The maximum absolute atomic E-state index is 13.5. The van der Waals surface area contributed by atoms with Crippen molar-refractivity contribution in [3.05, 3.63) is 90.3 Å². The van der Waals surface area contributed by atoms with Crippen molar-refractivity contribution in [2.45, 2.75) is 6.18 Å². The van der Waals surface area contributed by atoms with E-state index in [-0.39, 0.29) is 11.4 Å². The van der Waals surface area contributed by atoms with Crippen LogP contribution in [0, 0.1) is 5.82 Å². The molecular weight excluding hydrogens is 402 g/mol. The molecule has 0 fully saturated rings. The molecule has 0 atom stereocenters. The number of anilines is 1. The first-order chi connectivity index (χ1) is 14.3. The Morgan fingerprint density at radius 3 is 2.43 bits per heavy atom. The fourth-order valence-corrected chi connectivity index (χ4v) is 2.83. The normalized spacial score (nSPS) is 11.5. The quantitative estimate of drug-likeness (QED) is 0.501. The highest BCUT2D eigenvalue weighted by Crippen LogP contribution is 2.36. The van der Waals surface area contributed by atoms with E-state index < -0.39 is 29.2 Å². The van der Waals surface area contributed by atoms with E-state index in [2.05, 4.69) is 15.5 Å². The minimum Gasteiger partial charge on any atom is -0.320 e. The summed E-state index contributed by atoms with van der Waals surface area (Å²) < 4.78 is 56.5. The lowest BCUT2D eigenvalue weighted by molar-refractivity contribution is -0.136. The van der Waals surface area contributed by atoms with E-state index >= 15 is 0 Å². The minimum atomic E-state index is -4.70. The zero-order valence-corrected chi connectivity index (χ0v) is 15.1. The Bertz CT molecular complexity index is 1200. The van der Waals surface area contributed by atoms with Crippen molar-refractivity contribution in [1.82, 2.24) is 19.6 Å². The molecule has 0 radical (unpaired) electrons. The first-order valence-electron chi connectivity index (χ1n) is 8.65. The van der Waals surface area contributed by atoms with E-state index in [0.717, 1.165) is 12.1 Å². The lowest BCUT2D eigenvalue weighted by atomic mass is 10.1. The zero-order valence-electron chi connectivity index (χ0n) is 15.1. The number of hydrogen-bond donors (Lipinski definition) is 1. The molecule has 6 nitrogen and oxygen atoms in total. The summed E-state index contributed by atoms with van der Waals surface area (Å²) in [6, 6.07) is 11.9. The molecule has 10 heteroatoms. The van der Waals surface area contributed by atoms with Crippen LogP contribution in [0.25, 0.3) is 11.4 Å². The van der Waals surface area contributed by atoms with Crippen LogP contribution in [0.4, 0.5) is 23.2 Å². The third kappa shape index (κ3) is 3.93. The highest BCUT2D eigenvalue weighted by Gasteiger charge is 2.34. The Balaban J connectivity index is 1.62. The van der Waals surface area contributed by atoms with Gasteiger partial charge in [-0.3, -0.25) is 4.79 Å². The third-order valence-corrected chi connectivity index (χ3v) is 4.22. The molecule has 4 aromatic rings. The van der Waals surface area contributed by atoms with E-state index in [0.29, 0.717) is 5.69 Å². The van der Waals surface area contributed by atoms with Gasteiger partial charge in [0.2, 0.25) is 0 Å². The fraction of sp³-hybridized carbons (Fsp3) is 0.0500. The van der Waals surface area contributed by atoms with Gasteiger partial charge in [0.25, 0.3) is 5.91 Å². The van der Waals surface area contributed by atoms with E-state index in [1.807, 2.05) is 0 Å². The largest absolute Gasteiger partial charge is 0.418 e. The second-order valence-electron chi connectivity index (χ2n) is 6.26. The number of hydrogen-bond acceptors (Lipinski definition) is 3. The summed E-state index contributed by atoms with van der Waals surface area (Å²) in [7, 11) is 0. The second kappa shape index (κ2) is 7.47. The number of benzene rings is 2. The number of amides is 1. The summed E-state index contributed by atoms with van der Waals surface area (Å²) in [6.07, 6.45) is -0.341. The number of halogens is 4. The van der Waals surface area contributed by atoms with Gasteiger partial charge >= 0.3 is 6.18 Å². The van der Waals surface area contributed by atoms with Gasteiger partial charge in [-0.2, -0.15) is 23.4 Å². The van der Waals surface area contributed by atoms with Crippen molar-refractivity contribution < 1.29 is 22.4 Å². The average molecular weight is 415 g/mol. The predicted octanol–water partition coefficient (Wildman–Crippen LogP) is 4.47. The van der Waals surface area contributed by atoms with Crippen LogP contribution in [0.15, 0.2) is 73.2 Å². The van der Waals surface area contributed by atoms with Crippen LogP contribution < -0.4 is 5.32 Å². The molecule has 0 aliphatic carbocycles. The smallest absolute Gasteiger partial charge is 0.320 e. The van der Waals surface area contributed by atoms with Crippen molar-refractivity contribution in [3.63, 3.8) is 0 Å². The van der Waals surface area contributed by atoms with Gasteiger partial charge < -0.3 is 5.32 Å². The maximum atomic E-state index is 13.5. The monoisotopic (exact) mass is 415 g/mol. The Hall–Kier alpha value is -3.95. The summed E-state index contributed by atoms with van der Waals surface area (Å²) in [5, 5.41) is 10.2. The van der Waals surface area contributed by atoms with Crippen LogP contribution in [-0.4, -0.2) is 25.5 Å². The molecule has 0 saturated heterocycles. The molecule has 0 aliphatic heterocycles. The molecular formula is C20H13F4N5O.